The maximum Gasteiger partial charge on any atom is 0.0547 e. The van der Waals surface area contributed by atoms with Gasteiger partial charge in [-0.1, -0.05) is 91.0 Å². The Balaban J connectivity index is 1.61. The SMILES string of the molecule is Nc1ccccc1-c1cccc2c1c1ccccc1n2-c1ccc(-c2ccccc2)cc1. The van der Waals surface area contributed by atoms with Crippen LogP contribution in [0, 0.1) is 0 Å². The van der Waals surface area contributed by atoms with Crippen LogP contribution in [-0.2, 0) is 0 Å². The largest absolute Gasteiger partial charge is 0.398 e. The van der Waals surface area contributed by atoms with Crippen molar-refractivity contribution in [3.8, 4) is 27.9 Å². The summed E-state index contributed by atoms with van der Waals surface area (Å²) in [6.07, 6.45) is 0. The summed E-state index contributed by atoms with van der Waals surface area (Å²) in [5.41, 5.74) is 15.4. The van der Waals surface area contributed by atoms with Crippen molar-refractivity contribution in [3.63, 3.8) is 0 Å². The van der Waals surface area contributed by atoms with Crippen molar-refractivity contribution in [1.29, 1.82) is 0 Å². The third-order valence-electron chi connectivity index (χ3n) is 6.18. The van der Waals surface area contributed by atoms with Gasteiger partial charge in [0, 0.05) is 27.7 Å². The van der Waals surface area contributed by atoms with Gasteiger partial charge in [-0.3, -0.25) is 0 Å². The summed E-state index contributed by atoms with van der Waals surface area (Å²) in [5, 5.41) is 2.46. The fourth-order valence-corrected chi connectivity index (χ4v) is 4.70. The molecule has 5 aromatic carbocycles. The highest BCUT2D eigenvalue weighted by Crippen LogP contribution is 2.40. The summed E-state index contributed by atoms with van der Waals surface area (Å²) in [7, 11) is 0. The van der Waals surface area contributed by atoms with Crippen molar-refractivity contribution in [3.05, 3.63) is 121 Å². The molecule has 0 bridgehead atoms. The van der Waals surface area contributed by atoms with Crippen LogP contribution in [0.15, 0.2) is 121 Å². The van der Waals surface area contributed by atoms with Gasteiger partial charge >= 0.3 is 0 Å². The minimum atomic E-state index is 0.795. The van der Waals surface area contributed by atoms with Gasteiger partial charge in [-0.15, -0.1) is 0 Å². The predicted molar refractivity (Wildman–Crippen MR) is 136 cm³/mol. The lowest BCUT2D eigenvalue weighted by atomic mass is 9.98. The van der Waals surface area contributed by atoms with E-state index in [0.29, 0.717) is 0 Å². The number of anilines is 1. The molecule has 152 valence electrons. The van der Waals surface area contributed by atoms with Crippen LogP contribution in [0.5, 0.6) is 0 Å². The third kappa shape index (κ3) is 2.89. The lowest BCUT2D eigenvalue weighted by molar-refractivity contribution is 1.18. The zero-order valence-corrected chi connectivity index (χ0v) is 17.6. The zero-order chi connectivity index (χ0) is 21.5. The number of aromatic nitrogens is 1. The van der Waals surface area contributed by atoms with Crippen LogP contribution < -0.4 is 5.73 Å². The van der Waals surface area contributed by atoms with E-state index in [0.717, 1.165) is 22.5 Å². The second kappa shape index (κ2) is 7.44. The highest BCUT2D eigenvalue weighted by Gasteiger charge is 2.16. The fraction of sp³-hybridized carbons (Fsp3) is 0. The molecule has 0 saturated carbocycles. The summed E-state index contributed by atoms with van der Waals surface area (Å²) in [5.74, 6) is 0. The van der Waals surface area contributed by atoms with Crippen LogP contribution in [0.3, 0.4) is 0 Å². The van der Waals surface area contributed by atoms with Gasteiger partial charge in [-0.05, 0) is 47.0 Å². The molecule has 0 amide bonds. The third-order valence-corrected chi connectivity index (χ3v) is 6.18. The van der Waals surface area contributed by atoms with Crippen LogP contribution in [0.4, 0.5) is 5.69 Å². The van der Waals surface area contributed by atoms with Crippen molar-refractivity contribution in [1.82, 2.24) is 4.57 Å². The highest BCUT2D eigenvalue weighted by atomic mass is 15.0. The van der Waals surface area contributed by atoms with E-state index in [-0.39, 0.29) is 0 Å². The lowest BCUT2D eigenvalue weighted by Gasteiger charge is -2.11. The van der Waals surface area contributed by atoms with Gasteiger partial charge in [0.15, 0.2) is 0 Å². The number of nitrogens with two attached hydrogens (primary N) is 1. The maximum atomic E-state index is 6.37. The van der Waals surface area contributed by atoms with Crippen molar-refractivity contribution < 1.29 is 0 Å². The summed E-state index contributed by atoms with van der Waals surface area (Å²) < 4.78 is 2.35. The predicted octanol–water partition coefficient (Wildman–Crippen LogP) is 7.70. The molecule has 6 aromatic rings. The molecule has 32 heavy (non-hydrogen) atoms. The Hall–Kier alpha value is -4.30. The van der Waals surface area contributed by atoms with Crippen LogP contribution in [-0.4, -0.2) is 4.57 Å². The van der Waals surface area contributed by atoms with Gasteiger partial charge in [0.05, 0.1) is 11.0 Å². The molecular weight excluding hydrogens is 388 g/mol. The Labute approximate surface area is 187 Å². The average molecular weight is 411 g/mol. The monoisotopic (exact) mass is 410 g/mol. The van der Waals surface area contributed by atoms with Gasteiger partial charge in [-0.25, -0.2) is 0 Å². The summed E-state index contributed by atoms with van der Waals surface area (Å²) in [6.45, 7) is 0. The molecule has 0 atom stereocenters. The summed E-state index contributed by atoms with van der Waals surface area (Å²) >= 11 is 0. The molecule has 6 rings (SSSR count). The van der Waals surface area contributed by atoms with E-state index >= 15 is 0 Å². The lowest BCUT2D eigenvalue weighted by Crippen LogP contribution is -1.94. The molecule has 2 heteroatoms. The van der Waals surface area contributed by atoms with Gasteiger partial charge in [0.2, 0.25) is 0 Å². The van der Waals surface area contributed by atoms with Gasteiger partial charge in [0.1, 0.15) is 0 Å². The molecule has 0 unspecified atom stereocenters. The van der Waals surface area contributed by atoms with E-state index in [1.54, 1.807) is 0 Å². The van der Waals surface area contributed by atoms with Crippen LogP contribution in [0.1, 0.15) is 0 Å². The quantitative estimate of drug-likeness (QED) is 0.298. The normalized spacial score (nSPS) is 11.2. The summed E-state index contributed by atoms with van der Waals surface area (Å²) in [4.78, 5) is 0. The molecule has 2 nitrogen and oxygen atoms in total. The minimum Gasteiger partial charge on any atom is -0.398 e. The van der Waals surface area contributed by atoms with E-state index in [1.165, 1.54) is 32.9 Å². The number of benzene rings is 5. The van der Waals surface area contributed by atoms with Crippen molar-refractivity contribution in [2.24, 2.45) is 0 Å². The molecule has 0 spiro atoms. The average Bonchev–Trinajstić information content (AvgIpc) is 3.20. The van der Waals surface area contributed by atoms with E-state index in [9.17, 15) is 0 Å². The Morgan fingerprint density at radius 2 is 1.09 bits per heavy atom. The molecule has 0 saturated heterocycles. The number of rotatable bonds is 3. The molecule has 0 radical (unpaired) electrons. The zero-order valence-electron chi connectivity index (χ0n) is 17.6. The standard InChI is InChI=1S/C30H22N2/c31-27-14-6-4-11-24(27)25-13-8-16-29-30(25)26-12-5-7-15-28(26)32(29)23-19-17-22(18-20-23)21-9-2-1-3-10-21/h1-20H,31H2. The smallest absolute Gasteiger partial charge is 0.0547 e. The molecule has 1 aromatic heterocycles. The topological polar surface area (TPSA) is 30.9 Å². The number of para-hydroxylation sites is 2. The van der Waals surface area contributed by atoms with Crippen LogP contribution in [0.2, 0.25) is 0 Å². The molecule has 2 N–H and O–H groups in total. The van der Waals surface area contributed by atoms with E-state index in [2.05, 4.69) is 102 Å². The Morgan fingerprint density at radius 1 is 0.469 bits per heavy atom. The number of fused-ring (bicyclic) bond motifs is 3. The Kier molecular flexibility index (Phi) is 4.29. The van der Waals surface area contributed by atoms with Crippen molar-refractivity contribution in [2.75, 3.05) is 5.73 Å². The molecule has 0 aliphatic rings. The molecule has 1 heterocycles. The Bertz CT molecular complexity index is 1560. The minimum absolute atomic E-state index is 0.795. The first-order valence-corrected chi connectivity index (χ1v) is 10.8. The first kappa shape index (κ1) is 18.5. The van der Waals surface area contributed by atoms with Crippen molar-refractivity contribution in [2.45, 2.75) is 0 Å². The fourth-order valence-electron chi connectivity index (χ4n) is 4.70. The maximum absolute atomic E-state index is 6.37. The van der Waals surface area contributed by atoms with E-state index in [1.807, 2.05) is 24.3 Å². The van der Waals surface area contributed by atoms with Crippen LogP contribution >= 0.6 is 0 Å². The number of hydrogen-bond donors (Lipinski definition) is 1. The Morgan fingerprint density at radius 3 is 1.91 bits per heavy atom. The molecule has 0 aliphatic heterocycles. The molecule has 0 aliphatic carbocycles. The van der Waals surface area contributed by atoms with E-state index in [4.69, 9.17) is 5.73 Å². The number of hydrogen-bond acceptors (Lipinski definition) is 1. The van der Waals surface area contributed by atoms with Gasteiger partial charge in [0.25, 0.3) is 0 Å². The second-order valence-electron chi connectivity index (χ2n) is 8.05. The molecular formula is C30H22N2. The van der Waals surface area contributed by atoms with Crippen molar-refractivity contribution >= 4 is 27.5 Å². The first-order chi connectivity index (χ1) is 15.8. The molecule has 0 fully saturated rings. The van der Waals surface area contributed by atoms with Gasteiger partial charge in [-0.2, -0.15) is 0 Å². The summed E-state index contributed by atoms with van der Waals surface area (Å²) in [6, 6.07) is 42.5. The first-order valence-electron chi connectivity index (χ1n) is 10.8. The van der Waals surface area contributed by atoms with Gasteiger partial charge < -0.3 is 10.3 Å². The van der Waals surface area contributed by atoms with Crippen LogP contribution in [0.25, 0.3) is 49.7 Å². The number of nitrogens with zero attached hydrogens (tertiary/aromatic N) is 1. The number of nitrogen functional groups attached to an aromatic ring is 1. The second-order valence-corrected chi connectivity index (χ2v) is 8.05. The van der Waals surface area contributed by atoms with E-state index < -0.39 is 0 Å². The highest BCUT2D eigenvalue weighted by molar-refractivity contribution is 6.16.